The molecule has 0 unspecified atom stereocenters. The summed E-state index contributed by atoms with van der Waals surface area (Å²) in [6.07, 6.45) is 5.80. The zero-order valence-corrected chi connectivity index (χ0v) is 12.9. The maximum absolute atomic E-state index is 12.0. The third-order valence-corrected chi connectivity index (χ3v) is 4.13. The molecule has 1 aliphatic rings. The van der Waals surface area contributed by atoms with Crippen LogP contribution in [0.3, 0.4) is 0 Å². The molecule has 2 N–H and O–H groups in total. The molecule has 3 rings (SSSR count). The first kappa shape index (κ1) is 14.9. The van der Waals surface area contributed by atoms with E-state index < -0.39 is 0 Å². The summed E-state index contributed by atoms with van der Waals surface area (Å²) in [4.78, 5) is 22.8. The van der Waals surface area contributed by atoms with E-state index in [1.54, 1.807) is 12.4 Å². The van der Waals surface area contributed by atoms with Gasteiger partial charge in [-0.05, 0) is 12.8 Å². The fourth-order valence-corrected chi connectivity index (χ4v) is 3.06. The summed E-state index contributed by atoms with van der Waals surface area (Å²) in [5, 5.41) is 4.67. The Hall–Kier alpha value is -2.02. The lowest BCUT2D eigenvalue weighted by Gasteiger charge is -2.15. The largest absolute Gasteiger partial charge is 0.342 e. The van der Waals surface area contributed by atoms with Crippen molar-refractivity contribution < 1.29 is 4.79 Å². The molecule has 0 aliphatic carbocycles. The lowest BCUT2D eigenvalue weighted by Crippen LogP contribution is -2.28. The number of carbonyl (C=O) groups excluding carboxylic acids is 1. The number of nitrogens with two attached hydrogens (primary N) is 1. The van der Waals surface area contributed by atoms with Crippen LogP contribution in [0.5, 0.6) is 0 Å². The predicted octanol–water partition coefficient (Wildman–Crippen LogP) is 0.901. The smallest absolute Gasteiger partial charge is 0.222 e. The Bertz CT molecular complexity index is 667. The topological polar surface area (TPSA) is 89.9 Å². The molecule has 1 aliphatic heterocycles. The van der Waals surface area contributed by atoms with Gasteiger partial charge in [0.25, 0.3) is 0 Å². The monoisotopic (exact) mass is 302 g/mol. The van der Waals surface area contributed by atoms with Crippen molar-refractivity contribution in [1.29, 1.82) is 0 Å². The zero-order chi connectivity index (χ0) is 15.5. The summed E-state index contributed by atoms with van der Waals surface area (Å²) in [6, 6.07) is 0. The molecule has 0 spiro atoms. The number of fused-ring (bicyclic) bond motifs is 1. The molecule has 2 aromatic rings. The van der Waals surface area contributed by atoms with Crippen LogP contribution in [0.25, 0.3) is 11.2 Å². The van der Waals surface area contributed by atoms with Crippen LogP contribution >= 0.6 is 0 Å². The summed E-state index contributed by atoms with van der Waals surface area (Å²) in [6.45, 7) is 4.70. The molecule has 3 heterocycles. The van der Waals surface area contributed by atoms with Gasteiger partial charge >= 0.3 is 0 Å². The molecule has 1 atom stereocenters. The van der Waals surface area contributed by atoms with Crippen LogP contribution in [0, 0.1) is 0 Å². The van der Waals surface area contributed by atoms with Gasteiger partial charge in [0, 0.05) is 44.4 Å². The number of rotatable bonds is 5. The van der Waals surface area contributed by atoms with Gasteiger partial charge in [0.05, 0.1) is 12.2 Å². The molecular weight excluding hydrogens is 280 g/mol. The summed E-state index contributed by atoms with van der Waals surface area (Å²) in [7, 11) is 0. The minimum Gasteiger partial charge on any atom is -0.342 e. The second kappa shape index (κ2) is 6.39. The molecule has 1 amide bonds. The van der Waals surface area contributed by atoms with Crippen LogP contribution in [0.2, 0.25) is 0 Å². The summed E-state index contributed by atoms with van der Waals surface area (Å²) >= 11 is 0. The molecule has 0 bridgehead atoms. The number of aromatic nitrogens is 4. The minimum absolute atomic E-state index is 0.235. The van der Waals surface area contributed by atoms with E-state index in [1.807, 2.05) is 16.5 Å². The number of carbonyl (C=O) groups is 1. The fourth-order valence-electron chi connectivity index (χ4n) is 3.06. The van der Waals surface area contributed by atoms with Gasteiger partial charge in [-0.3, -0.25) is 4.79 Å². The highest BCUT2D eigenvalue weighted by atomic mass is 16.2. The van der Waals surface area contributed by atoms with Crippen molar-refractivity contribution in [3.63, 3.8) is 0 Å². The molecule has 2 aromatic heterocycles. The van der Waals surface area contributed by atoms with E-state index >= 15 is 0 Å². The number of nitrogens with zero attached hydrogens (tertiary/aromatic N) is 5. The lowest BCUT2D eigenvalue weighted by molar-refractivity contribution is -0.130. The third kappa shape index (κ3) is 2.68. The number of amides is 1. The Morgan fingerprint density at radius 2 is 2.23 bits per heavy atom. The fraction of sp³-hybridized carbons (Fsp3) is 0.600. The average Bonchev–Trinajstić information content (AvgIpc) is 3.13. The Labute approximate surface area is 129 Å². The van der Waals surface area contributed by atoms with E-state index in [-0.39, 0.29) is 11.8 Å². The van der Waals surface area contributed by atoms with E-state index in [9.17, 15) is 4.79 Å². The first-order chi connectivity index (χ1) is 10.7. The maximum Gasteiger partial charge on any atom is 0.222 e. The van der Waals surface area contributed by atoms with Gasteiger partial charge in [-0.2, -0.15) is 5.10 Å². The Balaban J connectivity index is 1.86. The van der Waals surface area contributed by atoms with Gasteiger partial charge in [-0.25, -0.2) is 14.6 Å². The highest BCUT2D eigenvalue weighted by Crippen LogP contribution is 2.30. The molecule has 0 radical (unpaired) electrons. The Morgan fingerprint density at radius 3 is 3.00 bits per heavy atom. The van der Waals surface area contributed by atoms with E-state index in [0.717, 1.165) is 42.8 Å². The van der Waals surface area contributed by atoms with E-state index in [2.05, 4.69) is 15.1 Å². The maximum atomic E-state index is 12.0. The van der Waals surface area contributed by atoms with Gasteiger partial charge in [-0.1, -0.05) is 6.92 Å². The highest BCUT2D eigenvalue weighted by molar-refractivity contribution is 5.77. The van der Waals surface area contributed by atoms with Crippen molar-refractivity contribution in [2.24, 2.45) is 5.73 Å². The summed E-state index contributed by atoms with van der Waals surface area (Å²) in [5.41, 5.74) is 8.21. The second-order valence-corrected chi connectivity index (χ2v) is 5.70. The quantitative estimate of drug-likeness (QED) is 0.886. The molecule has 1 saturated heterocycles. The van der Waals surface area contributed by atoms with Crippen LogP contribution in [-0.2, 0) is 11.3 Å². The molecule has 0 aromatic carbocycles. The van der Waals surface area contributed by atoms with Crippen molar-refractivity contribution in [2.75, 3.05) is 19.6 Å². The van der Waals surface area contributed by atoms with Gasteiger partial charge < -0.3 is 10.6 Å². The molecule has 7 nitrogen and oxygen atoms in total. The van der Waals surface area contributed by atoms with E-state index in [4.69, 9.17) is 5.73 Å². The van der Waals surface area contributed by atoms with Crippen LogP contribution in [0.1, 0.15) is 37.8 Å². The van der Waals surface area contributed by atoms with Crippen LogP contribution in [-0.4, -0.2) is 50.2 Å². The van der Waals surface area contributed by atoms with E-state index in [0.29, 0.717) is 19.5 Å². The normalized spacial score (nSPS) is 18.3. The SMILES string of the molecule is CCCC(=O)N1CC[C@H](c2nn(CCN)c3nccnc23)C1. The highest BCUT2D eigenvalue weighted by Gasteiger charge is 2.30. The van der Waals surface area contributed by atoms with E-state index in [1.165, 1.54) is 0 Å². The standard InChI is InChI=1S/C15H22N6O/c1-2-3-12(22)20-8-4-11(10-20)13-14-15(18-7-6-17-14)21(19-13)9-5-16/h6-7,11H,2-5,8-10,16H2,1H3/t11-/m0/s1. The van der Waals surface area contributed by atoms with Gasteiger partial charge in [0.2, 0.25) is 5.91 Å². The van der Waals surface area contributed by atoms with Crippen LogP contribution in [0.4, 0.5) is 0 Å². The molecular formula is C15H22N6O. The lowest BCUT2D eigenvalue weighted by atomic mass is 10.0. The van der Waals surface area contributed by atoms with Crippen LogP contribution in [0.15, 0.2) is 12.4 Å². The number of hydrogen-bond donors (Lipinski definition) is 1. The van der Waals surface area contributed by atoms with Crippen molar-refractivity contribution in [1.82, 2.24) is 24.6 Å². The van der Waals surface area contributed by atoms with Crippen molar-refractivity contribution >= 4 is 17.1 Å². The van der Waals surface area contributed by atoms with Crippen molar-refractivity contribution in [3.8, 4) is 0 Å². The predicted molar refractivity (Wildman–Crippen MR) is 83.2 cm³/mol. The minimum atomic E-state index is 0.235. The van der Waals surface area contributed by atoms with Gasteiger partial charge in [0.1, 0.15) is 5.52 Å². The summed E-state index contributed by atoms with van der Waals surface area (Å²) < 4.78 is 1.83. The first-order valence-electron chi connectivity index (χ1n) is 7.89. The second-order valence-electron chi connectivity index (χ2n) is 5.70. The van der Waals surface area contributed by atoms with Gasteiger partial charge in [-0.15, -0.1) is 0 Å². The van der Waals surface area contributed by atoms with Gasteiger partial charge in [0.15, 0.2) is 5.65 Å². The van der Waals surface area contributed by atoms with Crippen molar-refractivity contribution in [2.45, 2.75) is 38.6 Å². The Morgan fingerprint density at radius 1 is 1.41 bits per heavy atom. The first-order valence-corrected chi connectivity index (χ1v) is 7.89. The Kier molecular flexibility index (Phi) is 4.33. The molecule has 1 fully saturated rings. The zero-order valence-electron chi connectivity index (χ0n) is 12.9. The van der Waals surface area contributed by atoms with Crippen LogP contribution < -0.4 is 5.73 Å². The molecule has 0 saturated carbocycles. The third-order valence-electron chi connectivity index (χ3n) is 4.13. The summed E-state index contributed by atoms with van der Waals surface area (Å²) in [5.74, 6) is 0.473. The number of likely N-dealkylation sites (tertiary alicyclic amines) is 1. The molecule has 7 heteroatoms. The molecule has 22 heavy (non-hydrogen) atoms. The van der Waals surface area contributed by atoms with Crippen molar-refractivity contribution in [3.05, 3.63) is 18.1 Å². The molecule has 118 valence electrons. The number of hydrogen-bond acceptors (Lipinski definition) is 5. The average molecular weight is 302 g/mol.